The van der Waals surface area contributed by atoms with Crippen LogP contribution in [-0.4, -0.2) is 36.0 Å². The Morgan fingerprint density at radius 2 is 2.09 bits per heavy atom. The van der Waals surface area contributed by atoms with Crippen molar-refractivity contribution >= 4 is 17.7 Å². The van der Waals surface area contributed by atoms with Crippen molar-refractivity contribution in [3.8, 4) is 11.5 Å². The minimum Gasteiger partial charge on any atom is -0.504 e. The van der Waals surface area contributed by atoms with Gasteiger partial charge < -0.3 is 25.2 Å². The molecule has 0 spiro atoms. The Kier molecular flexibility index (Phi) is 5.26. The number of methoxy groups -OCH3 is 1. The highest BCUT2D eigenvalue weighted by Gasteiger charge is 2.39. The molecule has 0 saturated heterocycles. The molecule has 2 atom stereocenters. The minimum absolute atomic E-state index is 0.0353. The fourth-order valence-corrected chi connectivity index (χ4v) is 2.43. The number of benzene rings is 1. The fraction of sp³-hybridized carbons (Fsp3) is 0.562. The van der Waals surface area contributed by atoms with E-state index in [9.17, 15) is 9.90 Å². The van der Waals surface area contributed by atoms with Crippen LogP contribution in [0.2, 0.25) is 5.02 Å². The number of hydrogen-bond acceptors (Lipinski definition) is 5. The summed E-state index contributed by atoms with van der Waals surface area (Å²) in [6.07, 6.45) is 0.400. The van der Waals surface area contributed by atoms with Crippen LogP contribution in [0.3, 0.4) is 0 Å². The Labute approximate surface area is 141 Å². The Morgan fingerprint density at radius 3 is 2.70 bits per heavy atom. The maximum atomic E-state index is 11.7. The van der Waals surface area contributed by atoms with Crippen LogP contribution in [0, 0.1) is 0 Å². The van der Waals surface area contributed by atoms with E-state index < -0.39 is 11.7 Å². The predicted octanol–water partition coefficient (Wildman–Crippen LogP) is 2.81. The molecule has 1 fully saturated rings. The molecule has 0 heterocycles. The molecule has 1 amide bonds. The first-order valence-electron chi connectivity index (χ1n) is 7.48. The van der Waals surface area contributed by atoms with E-state index in [0.29, 0.717) is 22.9 Å². The molecule has 1 saturated carbocycles. The molecule has 128 valence electrons. The summed E-state index contributed by atoms with van der Waals surface area (Å²) in [6.45, 7) is 5.90. The van der Waals surface area contributed by atoms with Crippen molar-refractivity contribution in [1.29, 1.82) is 0 Å². The summed E-state index contributed by atoms with van der Waals surface area (Å²) in [6, 6.07) is 3.43. The van der Waals surface area contributed by atoms with E-state index in [1.54, 1.807) is 12.1 Å². The van der Waals surface area contributed by atoms with Crippen molar-refractivity contribution in [3.05, 3.63) is 22.7 Å². The molecule has 2 unspecified atom stereocenters. The first-order chi connectivity index (χ1) is 10.7. The highest BCUT2D eigenvalue weighted by Crippen LogP contribution is 2.34. The Balaban J connectivity index is 1.83. The maximum absolute atomic E-state index is 11.7. The number of aromatic hydroxyl groups is 1. The lowest BCUT2D eigenvalue weighted by molar-refractivity contribution is 0.0522. The molecule has 7 heteroatoms. The Bertz CT molecular complexity index is 586. The smallest absolute Gasteiger partial charge is 0.407 e. The van der Waals surface area contributed by atoms with Crippen LogP contribution in [0.5, 0.6) is 11.5 Å². The van der Waals surface area contributed by atoms with Crippen LogP contribution >= 0.6 is 11.6 Å². The molecule has 2 rings (SSSR count). The average Bonchev–Trinajstić information content (AvgIpc) is 3.15. The Morgan fingerprint density at radius 1 is 1.39 bits per heavy atom. The summed E-state index contributed by atoms with van der Waals surface area (Å²) < 4.78 is 10.3. The number of phenols is 1. The molecular formula is C16H23ClN2O4. The van der Waals surface area contributed by atoms with E-state index >= 15 is 0 Å². The van der Waals surface area contributed by atoms with Crippen molar-refractivity contribution in [2.24, 2.45) is 0 Å². The van der Waals surface area contributed by atoms with Gasteiger partial charge in [0, 0.05) is 35.3 Å². The molecule has 0 radical (unpaired) electrons. The maximum Gasteiger partial charge on any atom is 0.407 e. The molecule has 0 bridgehead atoms. The van der Waals surface area contributed by atoms with E-state index in [1.807, 2.05) is 20.8 Å². The SMILES string of the molecule is COc1cc(Cl)cc(CNC2CC2NC(=O)OC(C)(C)C)c1O. The van der Waals surface area contributed by atoms with Crippen molar-refractivity contribution < 1.29 is 19.4 Å². The molecule has 0 aromatic heterocycles. The third-order valence-corrected chi connectivity index (χ3v) is 3.60. The van der Waals surface area contributed by atoms with Gasteiger partial charge in [0.15, 0.2) is 11.5 Å². The van der Waals surface area contributed by atoms with E-state index in [2.05, 4.69) is 10.6 Å². The third kappa shape index (κ3) is 5.18. The lowest BCUT2D eigenvalue weighted by Gasteiger charge is -2.19. The van der Waals surface area contributed by atoms with E-state index in [1.165, 1.54) is 7.11 Å². The van der Waals surface area contributed by atoms with Gasteiger partial charge in [0.25, 0.3) is 0 Å². The molecule has 1 aromatic rings. The molecule has 3 N–H and O–H groups in total. The van der Waals surface area contributed by atoms with E-state index in [0.717, 1.165) is 6.42 Å². The zero-order valence-electron chi connectivity index (χ0n) is 13.8. The minimum atomic E-state index is -0.509. The predicted molar refractivity (Wildman–Crippen MR) is 88.1 cm³/mol. The van der Waals surface area contributed by atoms with Crippen LogP contribution in [-0.2, 0) is 11.3 Å². The van der Waals surface area contributed by atoms with Crippen LogP contribution in [0.4, 0.5) is 4.79 Å². The molecule has 6 nitrogen and oxygen atoms in total. The van der Waals surface area contributed by atoms with Crippen LogP contribution in [0.1, 0.15) is 32.8 Å². The zero-order valence-corrected chi connectivity index (χ0v) is 14.5. The second-order valence-corrected chi connectivity index (χ2v) is 7.03. The number of phenolic OH excluding ortho intramolecular Hbond substituents is 1. The Hall–Kier alpha value is -1.66. The third-order valence-electron chi connectivity index (χ3n) is 3.39. The van der Waals surface area contributed by atoms with Gasteiger partial charge in [-0.1, -0.05) is 11.6 Å². The number of rotatable bonds is 5. The summed E-state index contributed by atoms with van der Waals surface area (Å²) in [7, 11) is 1.48. The summed E-state index contributed by atoms with van der Waals surface area (Å²) in [5.41, 5.74) is 0.141. The first kappa shape index (κ1) is 17.7. The summed E-state index contributed by atoms with van der Waals surface area (Å²) >= 11 is 6.00. The van der Waals surface area contributed by atoms with Crippen LogP contribution in [0.15, 0.2) is 12.1 Å². The van der Waals surface area contributed by atoms with E-state index in [-0.39, 0.29) is 17.8 Å². The lowest BCUT2D eigenvalue weighted by atomic mass is 10.2. The zero-order chi connectivity index (χ0) is 17.2. The topological polar surface area (TPSA) is 79.8 Å². The first-order valence-corrected chi connectivity index (χ1v) is 7.85. The molecule has 23 heavy (non-hydrogen) atoms. The molecule has 1 aliphatic carbocycles. The number of hydrogen-bond donors (Lipinski definition) is 3. The van der Waals surface area contributed by atoms with Gasteiger partial charge in [-0.2, -0.15) is 0 Å². The van der Waals surface area contributed by atoms with Crippen LogP contribution < -0.4 is 15.4 Å². The van der Waals surface area contributed by atoms with Gasteiger partial charge in [0.05, 0.1) is 7.11 Å². The summed E-state index contributed by atoms with van der Waals surface area (Å²) in [5, 5.41) is 16.6. The highest BCUT2D eigenvalue weighted by atomic mass is 35.5. The van der Waals surface area contributed by atoms with Gasteiger partial charge in [-0.05, 0) is 33.3 Å². The highest BCUT2D eigenvalue weighted by molar-refractivity contribution is 6.30. The number of carbonyl (C=O) groups is 1. The van der Waals surface area contributed by atoms with Crippen molar-refractivity contribution in [2.75, 3.05) is 7.11 Å². The van der Waals surface area contributed by atoms with Gasteiger partial charge in [-0.3, -0.25) is 0 Å². The monoisotopic (exact) mass is 342 g/mol. The van der Waals surface area contributed by atoms with Crippen molar-refractivity contribution in [1.82, 2.24) is 10.6 Å². The van der Waals surface area contributed by atoms with Gasteiger partial charge in [0.2, 0.25) is 0 Å². The average molecular weight is 343 g/mol. The second kappa shape index (κ2) is 6.84. The van der Waals surface area contributed by atoms with Crippen molar-refractivity contribution in [2.45, 2.75) is 51.4 Å². The van der Waals surface area contributed by atoms with Gasteiger partial charge >= 0.3 is 6.09 Å². The standard InChI is InChI=1S/C16H23ClN2O4/c1-16(2,3)23-15(21)19-12-7-11(12)18-8-9-5-10(17)6-13(22-4)14(9)20/h5-6,11-12,18,20H,7-8H2,1-4H3,(H,19,21). The second-order valence-electron chi connectivity index (χ2n) is 6.59. The van der Waals surface area contributed by atoms with Crippen LogP contribution in [0.25, 0.3) is 0 Å². The quantitative estimate of drug-likeness (QED) is 0.766. The number of ether oxygens (including phenoxy) is 2. The number of nitrogens with one attached hydrogen (secondary N) is 2. The normalized spacial score (nSPS) is 20.0. The largest absolute Gasteiger partial charge is 0.504 e. The van der Waals surface area contributed by atoms with Gasteiger partial charge in [0.1, 0.15) is 5.60 Å². The van der Waals surface area contributed by atoms with Gasteiger partial charge in [-0.15, -0.1) is 0 Å². The van der Waals surface area contributed by atoms with E-state index in [4.69, 9.17) is 21.1 Å². The number of halogens is 1. The number of alkyl carbamates (subject to hydrolysis) is 1. The van der Waals surface area contributed by atoms with Gasteiger partial charge in [-0.25, -0.2) is 4.79 Å². The number of amides is 1. The molecular weight excluding hydrogens is 320 g/mol. The summed E-state index contributed by atoms with van der Waals surface area (Å²) in [4.78, 5) is 11.7. The molecule has 1 aliphatic rings. The summed E-state index contributed by atoms with van der Waals surface area (Å²) in [5.74, 6) is 0.412. The number of carbonyl (C=O) groups excluding carboxylic acids is 1. The van der Waals surface area contributed by atoms with Crippen molar-refractivity contribution in [3.63, 3.8) is 0 Å². The fourth-order valence-electron chi connectivity index (χ4n) is 2.20. The molecule has 1 aromatic carbocycles. The lowest BCUT2D eigenvalue weighted by Crippen LogP contribution is -2.36. The molecule has 0 aliphatic heterocycles.